The maximum Gasteiger partial charge on any atom is 0.491 e. The number of nitrogens with one attached hydrogen (secondary N) is 1. The minimum absolute atomic E-state index is 0.200. The predicted molar refractivity (Wildman–Crippen MR) is 122 cm³/mol. The van der Waals surface area contributed by atoms with Crippen molar-refractivity contribution in [3.8, 4) is 0 Å². The van der Waals surface area contributed by atoms with Gasteiger partial charge < -0.3 is 10.1 Å². The van der Waals surface area contributed by atoms with Crippen LogP contribution in [0, 0.1) is 0 Å². The van der Waals surface area contributed by atoms with Crippen molar-refractivity contribution in [1.82, 2.24) is 4.98 Å². The summed E-state index contributed by atoms with van der Waals surface area (Å²) in [4.78, 5) is 28.0. The summed E-state index contributed by atoms with van der Waals surface area (Å²) in [5.74, 6) is -3.96. The van der Waals surface area contributed by atoms with Gasteiger partial charge in [0.05, 0.1) is 28.7 Å². The number of hydrogen-bond acceptors (Lipinski definition) is 5. The standard InChI is InChI=1S/C26H19F3N2O3/c27-26(28,29)25(33)34-24(32)21-13-12-18(11-10-17-6-2-1-3-7-17)14-23(21)31-20-15-19-8-4-5-9-22(19)30-16-20/h1-9,12-16,31H,10-11H2. The number of aryl methyl sites for hydroxylation is 2. The van der Waals surface area contributed by atoms with E-state index in [-0.39, 0.29) is 11.3 Å². The number of hydrogen-bond donors (Lipinski definition) is 1. The molecule has 1 aromatic heterocycles. The molecule has 0 atom stereocenters. The third-order valence-electron chi connectivity index (χ3n) is 5.14. The normalized spacial score (nSPS) is 11.3. The summed E-state index contributed by atoms with van der Waals surface area (Å²) < 4.78 is 41.8. The van der Waals surface area contributed by atoms with Crippen LogP contribution in [-0.4, -0.2) is 23.1 Å². The smallest absolute Gasteiger partial charge is 0.383 e. The number of carbonyl (C=O) groups is 2. The van der Waals surface area contributed by atoms with Gasteiger partial charge in [0.15, 0.2) is 0 Å². The van der Waals surface area contributed by atoms with Gasteiger partial charge in [-0.15, -0.1) is 0 Å². The largest absolute Gasteiger partial charge is 0.491 e. The van der Waals surface area contributed by atoms with Crippen LogP contribution in [0.25, 0.3) is 10.9 Å². The lowest BCUT2D eigenvalue weighted by Crippen LogP contribution is -2.28. The topological polar surface area (TPSA) is 68.3 Å². The number of alkyl halides is 3. The highest BCUT2D eigenvalue weighted by Gasteiger charge is 2.42. The number of esters is 2. The first-order valence-corrected chi connectivity index (χ1v) is 10.4. The highest BCUT2D eigenvalue weighted by molar-refractivity contribution is 6.02. The third-order valence-corrected chi connectivity index (χ3v) is 5.14. The molecular formula is C26H19F3N2O3. The number of fused-ring (bicyclic) bond motifs is 1. The number of anilines is 2. The Bertz CT molecular complexity index is 1340. The summed E-state index contributed by atoms with van der Waals surface area (Å²) in [6.45, 7) is 0. The van der Waals surface area contributed by atoms with Gasteiger partial charge in [-0.2, -0.15) is 13.2 Å². The molecule has 0 saturated heterocycles. The van der Waals surface area contributed by atoms with E-state index in [0.717, 1.165) is 28.5 Å². The average molecular weight is 464 g/mol. The van der Waals surface area contributed by atoms with Crippen LogP contribution in [0.15, 0.2) is 85.1 Å². The number of aromatic nitrogens is 1. The third kappa shape index (κ3) is 5.58. The highest BCUT2D eigenvalue weighted by atomic mass is 19.4. The Kier molecular flexibility index (Phi) is 6.58. The van der Waals surface area contributed by atoms with Crippen molar-refractivity contribution >= 4 is 34.2 Å². The zero-order chi connectivity index (χ0) is 24.1. The van der Waals surface area contributed by atoms with Crippen LogP contribution in [0.3, 0.4) is 0 Å². The molecule has 1 heterocycles. The minimum atomic E-state index is -5.28. The Hall–Kier alpha value is -4.20. The number of carbonyl (C=O) groups excluding carboxylic acids is 2. The summed E-state index contributed by atoms with van der Waals surface area (Å²) in [5.41, 5.74) is 3.26. The summed E-state index contributed by atoms with van der Waals surface area (Å²) in [5, 5.41) is 3.88. The molecule has 0 unspecified atom stereocenters. The SMILES string of the molecule is O=C(OC(=O)C(F)(F)F)c1ccc(CCc2ccccc2)cc1Nc1cnc2ccccc2c1. The lowest BCUT2D eigenvalue weighted by Gasteiger charge is -2.14. The van der Waals surface area contributed by atoms with Crippen LogP contribution < -0.4 is 5.32 Å². The van der Waals surface area contributed by atoms with Crippen molar-refractivity contribution in [2.75, 3.05) is 5.32 Å². The molecule has 0 aliphatic heterocycles. The van der Waals surface area contributed by atoms with Crippen molar-refractivity contribution in [3.63, 3.8) is 0 Å². The zero-order valence-corrected chi connectivity index (χ0v) is 17.8. The molecule has 0 amide bonds. The number of benzene rings is 3. The molecule has 0 aliphatic carbocycles. The van der Waals surface area contributed by atoms with E-state index in [1.165, 1.54) is 6.07 Å². The Morgan fingerprint density at radius 2 is 1.56 bits per heavy atom. The van der Waals surface area contributed by atoms with E-state index < -0.39 is 18.1 Å². The van der Waals surface area contributed by atoms with E-state index in [0.29, 0.717) is 12.1 Å². The lowest BCUT2D eigenvalue weighted by atomic mass is 10.0. The number of ether oxygens (including phenoxy) is 1. The van der Waals surface area contributed by atoms with E-state index in [9.17, 15) is 22.8 Å². The van der Waals surface area contributed by atoms with Gasteiger partial charge in [0.1, 0.15) is 0 Å². The minimum Gasteiger partial charge on any atom is -0.383 e. The molecule has 0 radical (unpaired) electrons. The van der Waals surface area contributed by atoms with Crippen LogP contribution in [0.2, 0.25) is 0 Å². The van der Waals surface area contributed by atoms with Gasteiger partial charge >= 0.3 is 18.1 Å². The summed E-state index contributed by atoms with van der Waals surface area (Å²) in [6, 6.07) is 23.6. The monoisotopic (exact) mass is 464 g/mol. The van der Waals surface area contributed by atoms with Crippen LogP contribution in [0.5, 0.6) is 0 Å². The molecule has 34 heavy (non-hydrogen) atoms. The summed E-state index contributed by atoms with van der Waals surface area (Å²) in [7, 11) is 0. The maximum atomic E-state index is 12.6. The van der Waals surface area contributed by atoms with E-state index in [4.69, 9.17) is 0 Å². The fourth-order valence-electron chi connectivity index (χ4n) is 3.45. The summed E-state index contributed by atoms with van der Waals surface area (Å²) in [6.07, 6.45) is -2.37. The highest BCUT2D eigenvalue weighted by Crippen LogP contribution is 2.27. The average Bonchev–Trinajstić information content (AvgIpc) is 2.83. The fraction of sp³-hybridized carbons (Fsp3) is 0.115. The van der Waals surface area contributed by atoms with Gasteiger partial charge in [0.2, 0.25) is 0 Å². The second-order valence-corrected chi connectivity index (χ2v) is 7.58. The Morgan fingerprint density at radius 1 is 0.853 bits per heavy atom. The maximum absolute atomic E-state index is 12.6. The fourth-order valence-corrected chi connectivity index (χ4v) is 3.45. The predicted octanol–water partition coefficient (Wildman–Crippen LogP) is 6.01. The molecule has 3 aromatic carbocycles. The second-order valence-electron chi connectivity index (χ2n) is 7.58. The van der Waals surface area contributed by atoms with Crippen molar-refractivity contribution < 1.29 is 27.5 Å². The van der Waals surface area contributed by atoms with E-state index in [1.54, 1.807) is 24.4 Å². The lowest BCUT2D eigenvalue weighted by molar-refractivity contribution is -0.193. The van der Waals surface area contributed by atoms with E-state index in [2.05, 4.69) is 15.0 Å². The van der Waals surface area contributed by atoms with Gasteiger partial charge in [-0.3, -0.25) is 4.98 Å². The summed E-state index contributed by atoms with van der Waals surface area (Å²) >= 11 is 0. The van der Waals surface area contributed by atoms with Crippen molar-refractivity contribution in [3.05, 3.63) is 102 Å². The number of halogens is 3. The molecule has 0 aliphatic rings. The Morgan fingerprint density at radius 3 is 2.32 bits per heavy atom. The van der Waals surface area contributed by atoms with Gasteiger partial charge in [-0.05, 0) is 48.2 Å². The van der Waals surface area contributed by atoms with E-state index in [1.807, 2.05) is 54.6 Å². The molecule has 0 bridgehead atoms. The second kappa shape index (κ2) is 9.74. The number of para-hydroxylation sites is 1. The molecule has 0 spiro atoms. The van der Waals surface area contributed by atoms with Gasteiger partial charge in [-0.25, -0.2) is 9.59 Å². The van der Waals surface area contributed by atoms with E-state index >= 15 is 0 Å². The first-order chi connectivity index (χ1) is 16.3. The number of rotatable bonds is 6. The molecule has 172 valence electrons. The first-order valence-electron chi connectivity index (χ1n) is 10.4. The molecule has 8 heteroatoms. The zero-order valence-electron chi connectivity index (χ0n) is 17.8. The molecule has 0 saturated carbocycles. The van der Waals surface area contributed by atoms with Gasteiger partial charge in [0.25, 0.3) is 0 Å². The van der Waals surface area contributed by atoms with Crippen LogP contribution >= 0.6 is 0 Å². The molecule has 1 N–H and O–H groups in total. The van der Waals surface area contributed by atoms with Crippen LogP contribution in [0.1, 0.15) is 21.5 Å². The molecule has 0 fully saturated rings. The van der Waals surface area contributed by atoms with Crippen LogP contribution in [0.4, 0.5) is 24.5 Å². The molecule has 4 aromatic rings. The Labute approximate surface area is 193 Å². The Balaban J connectivity index is 1.63. The number of pyridine rings is 1. The van der Waals surface area contributed by atoms with Crippen molar-refractivity contribution in [1.29, 1.82) is 0 Å². The van der Waals surface area contributed by atoms with Crippen molar-refractivity contribution in [2.45, 2.75) is 19.0 Å². The van der Waals surface area contributed by atoms with Gasteiger partial charge in [-0.1, -0.05) is 54.6 Å². The quantitative estimate of drug-likeness (QED) is 0.280. The molecule has 4 rings (SSSR count). The molecule has 5 nitrogen and oxygen atoms in total. The van der Waals surface area contributed by atoms with Crippen molar-refractivity contribution in [2.24, 2.45) is 0 Å². The van der Waals surface area contributed by atoms with Gasteiger partial charge in [0, 0.05) is 5.39 Å². The van der Waals surface area contributed by atoms with Crippen LogP contribution in [-0.2, 0) is 22.4 Å². The first kappa shape index (κ1) is 23.0. The molecular weight excluding hydrogens is 445 g/mol. The number of nitrogens with zero attached hydrogens (tertiary/aromatic N) is 1.